The van der Waals surface area contributed by atoms with Crippen LogP contribution in [0.5, 0.6) is 5.88 Å². The molecule has 0 aromatic carbocycles. The van der Waals surface area contributed by atoms with Crippen LogP contribution in [0.2, 0.25) is 0 Å². The molecule has 1 saturated heterocycles. The molecule has 2 saturated carbocycles. The zero-order valence-corrected chi connectivity index (χ0v) is 17.2. The fraction of sp³-hybridized carbons (Fsp3) is 0.727. The molecule has 1 unspecified atom stereocenters. The van der Waals surface area contributed by atoms with E-state index in [-0.39, 0.29) is 0 Å². The van der Waals surface area contributed by atoms with Crippen molar-refractivity contribution in [3.05, 3.63) is 23.9 Å². The second kappa shape index (κ2) is 9.59. The third-order valence-electron chi connectivity index (χ3n) is 6.47. The summed E-state index contributed by atoms with van der Waals surface area (Å²) < 4.78 is 5.95. The Morgan fingerprint density at radius 3 is 2.64 bits per heavy atom. The Hall–Kier alpha value is -1.82. The number of nitrogens with zero attached hydrogens (tertiary/aromatic N) is 3. The van der Waals surface area contributed by atoms with Crippen LogP contribution in [-0.2, 0) is 6.54 Å². The van der Waals surface area contributed by atoms with E-state index in [0.717, 1.165) is 49.4 Å². The van der Waals surface area contributed by atoms with Crippen molar-refractivity contribution in [2.75, 3.05) is 20.1 Å². The summed E-state index contributed by atoms with van der Waals surface area (Å²) in [4.78, 5) is 11.6. The number of rotatable bonds is 6. The molecule has 3 fully saturated rings. The van der Waals surface area contributed by atoms with Crippen molar-refractivity contribution in [1.82, 2.24) is 20.5 Å². The number of aliphatic imine (C=N–C) groups is 1. The van der Waals surface area contributed by atoms with E-state index in [0.29, 0.717) is 12.1 Å². The summed E-state index contributed by atoms with van der Waals surface area (Å²) in [5, 5.41) is 7.03. The maximum atomic E-state index is 5.95. The van der Waals surface area contributed by atoms with Gasteiger partial charge in [-0.2, -0.15) is 0 Å². The lowest BCUT2D eigenvalue weighted by atomic mass is 10.2. The minimum Gasteiger partial charge on any atom is -0.474 e. The van der Waals surface area contributed by atoms with Crippen molar-refractivity contribution in [2.24, 2.45) is 4.99 Å². The molecule has 6 nitrogen and oxygen atoms in total. The van der Waals surface area contributed by atoms with Crippen molar-refractivity contribution in [2.45, 2.75) is 82.5 Å². The SMILES string of the molecule is CN=C(NCc1ccc(OC2CCCC2)nc1)NC1CCN(C2CCCC2)C1. The Morgan fingerprint density at radius 2 is 1.93 bits per heavy atom. The average molecular weight is 386 g/mol. The topological polar surface area (TPSA) is 61.8 Å². The van der Waals surface area contributed by atoms with E-state index in [9.17, 15) is 0 Å². The molecule has 1 aliphatic heterocycles. The van der Waals surface area contributed by atoms with Gasteiger partial charge in [0.05, 0.1) is 0 Å². The highest BCUT2D eigenvalue weighted by Gasteiger charge is 2.30. The zero-order chi connectivity index (χ0) is 19.2. The Labute approximate surface area is 169 Å². The van der Waals surface area contributed by atoms with Gasteiger partial charge in [0.1, 0.15) is 6.10 Å². The normalized spacial score (nSPS) is 24.8. The van der Waals surface area contributed by atoms with Gasteiger partial charge in [0, 0.05) is 51.0 Å². The van der Waals surface area contributed by atoms with Crippen molar-refractivity contribution in [1.29, 1.82) is 0 Å². The van der Waals surface area contributed by atoms with E-state index >= 15 is 0 Å². The first-order valence-corrected chi connectivity index (χ1v) is 11.1. The van der Waals surface area contributed by atoms with Crippen LogP contribution < -0.4 is 15.4 Å². The molecule has 0 amide bonds. The molecule has 2 N–H and O–H groups in total. The lowest BCUT2D eigenvalue weighted by Gasteiger charge is -2.24. The lowest BCUT2D eigenvalue weighted by molar-refractivity contribution is 0.201. The first kappa shape index (κ1) is 19.5. The van der Waals surface area contributed by atoms with E-state index in [2.05, 4.69) is 31.6 Å². The van der Waals surface area contributed by atoms with Gasteiger partial charge in [-0.15, -0.1) is 0 Å². The van der Waals surface area contributed by atoms with Gasteiger partial charge in [-0.3, -0.25) is 9.89 Å². The van der Waals surface area contributed by atoms with Gasteiger partial charge in [0.25, 0.3) is 0 Å². The number of aromatic nitrogens is 1. The maximum absolute atomic E-state index is 5.95. The van der Waals surface area contributed by atoms with Crippen LogP contribution in [0.4, 0.5) is 0 Å². The quantitative estimate of drug-likeness (QED) is 0.582. The summed E-state index contributed by atoms with van der Waals surface area (Å²) in [6.07, 6.45) is 13.9. The molecule has 4 rings (SSSR count). The molecular weight excluding hydrogens is 350 g/mol. The Morgan fingerprint density at radius 1 is 1.14 bits per heavy atom. The first-order valence-electron chi connectivity index (χ1n) is 11.1. The highest BCUT2D eigenvalue weighted by Crippen LogP contribution is 2.26. The van der Waals surface area contributed by atoms with E-state index < -0.39 is 0 Å². The summed E-state index contributed by atoms with van der Waals surface area (Å²) in [6, 6.07) is 5.39. The van der Waals surface area contributed by atoms with Gasteiger partial charge < -0.3 is 15.4 Å². The third-order valence-corrected chi connectivity index (χ3v) is 6.47. The van der Waals surface area contributed by atoms with Crippen LogP contribution in [0.3, 0.4) is 0 Å². The zero-order valence-electron chi connectivity index (χ0n) is 17.2. The number of hydrogen-bond donors (Lipinski definition) is 2. The summed E-state index contributed by atoms with van der Waals surface area (Å²) in [5.41, 5.74) is 1.14. The molecule has 3 aliphatic rings. The third kappa shape index (κ3) is 5.16. The summed E-state index contributed by atoms with van der Waals surface area (Å²) in [7, 11) is 1.84. The molecule has 1 aromatic heterocycles. The Balaban J connectivity index is 1.21. The number of hydrogen-bond acceptors (Lipinski definition) is 4. The Kier molecular flexibility index (Phi) is 6.68. The predicted molar refractivity (Wildman–Crippen MR) is 113 cm³/mol. The van der Waals surface area contributed by atoms with Gasteiger partial charge >= 0.3 is 0 Å². The average Bonchev–Trinajstić information content (AvgIpc) is 3.48. The fourth-order valence-corrected chi connectivity index (χ4v) is 4.84. The van der Waals surface area contributed by atoms with Crippen molar-refractivity contribution in [3.8, 4) is 5.88 Å². The first-order chi connectivity index (χ1) is 13.8. The van der Waals surface area contributed by atoms with Gasteiger partial charge in [0.2, 0.25) is 5.88 Å². The molecule has 0 radical (unpaired) electrons. The molecule has 1 atom stereocenters. The second-order valence-corrected chi connectivity index (χ2v) is 8.52. The van der Waals surface area contributed by atoms with Crippen molar-refractivity contribution < 1.29 is 4.74 Å². The molecule has 6 heteroatoms. The summed E-state index contributed by atoms with van der Waals surface area (Å²) in [5.74, 6) is 1.63. The molecule has 1 aromatic rings. The van der Waals surface area contributed by atoms with Crippen LogP contribution in [0.1, 0.15) is 63.4 Å². The Bertz CT molecular complexity index is 635. The van der Waals surface area contributed by atoms with Crippen LogP contribution in [0.15, 0.2) is 23.3 Å². The smallest absolute Gasteiger partial charge is 0.213 e. The molecular formula is C22H35N5O. The van der Waals surface area contributed by atoms with E-state index in [1.54, 1.807) is 0 Å². The van der Waals surface area contributed by atoms with Crippen LogP contribution >= 0.6 is 0 Å². The standard InChI is InChI=1S/C22H35N5O/c1-23-22(26-18-12-13-27(16-18)19-6-2-3-7-19)25-15-17-10-11-21(24-14-17)28-20-8-4-5-9-20/h10-11,14,18-20H,2-9,12-13,15-16H2,1H3,(H2,23,25,26). The molecule has 2 heterocycles. The lowest BCUT2D eigenvalue weighted by Crippen LogP contribution is -2.45. The number of pyridine rings is 1. The number of ether oxygens (including phenoxy) is 1. The highest BCUT2D eigenvalue weighted by molar-refractivity contribution is 5.80. The van der Waals surface area contributed by atoms with Crippen LogP contribution in [0, 0.1) is 0 Å². The maximum Gasteiger partial charge on any atom is 0.213 e. The van der Waals surface area contributed by atoms with Crippen molar-refractivity contribution in [3.63, 3.8) is 0 Å². The largest absolute Gasteiger partial charge is 0.474 e. The van der Waals surface area contributed by atoms with Gasteiger partial charge in [-0.25, -0.2) is 4.98 Å². The van der Waals surface area contributed by atoms with Gasteiger partial charge in [-0.05, 0) is 50.5 Å². The fourth-order valence-electron chi connectivity index (χ4n) is 4.84. The number of nitrogens with one attached hydrogen (secondary N) is 2. The molecule has 2 aliphatic carbocycles. The molecule has 0 spiro atoms. The minimum atomic E-state index is 0.356. The summed E-state index contributed by atoms with van der Waals surface area (Å²) >= 11 is 0. The highest BCUT2D eigenvalue weighted by atomic mass is 16.5. The van der Waals surface area contributed by atoms with Crippen LogP contribution in [-0.4, -0.2) is 54.2 Å². The van der Waals surface area contributed by atoms with E-state index in [4.69, 9.17) is 4.74 Å². The van der Waals surface area contributed by atoms with Crippen LogP contribution in [0.25, 0.3) is 0 Å². The minimum absolute atomic E-state index is 0.356. The van der Waals surface area contributed by atoms with E-state index in [1.807, 2.05) is 19.3 Å². The van der Waals surface area contributed by atoms with Crippen molar-refractivity contribution >= 4 is 5.96 Å². The second-order valence-electron chi connectivity index (χ2n) is 8.52. The van der Waals surface area contributed by atoms with E-state index in [1.165, 1.54) is 51.5 Å². The van der Waals surface area contributed by atoms with Gasteiger partial charge in [-0.1, -0.05) is 18.9 Å². The molecule has 154 valence electrons. The number of likely N-dealkylation sites (tertiary alicyclic amines) is 1. The summed E-state index contributed by atoms with van der Waals surface area (Å²) in [6.45, 7) is 3.07. The molecule has 28 heavy (non-hydrogen) atoms. The molecule has 0 bridgehead atoms. The number of guanidine groups is 1. The monoisotopic (exact) mass is 385 g/mol. The van der Waals surface area contributed by atoms with Gasteiger partial charge in [0.15, 0.2) is 5.96 Å². The predicted octanol–water partition coefficient (Wildman–Crippen LogP) is 3.08.